The first-order valence-corrected chi connectivity index (χ1v) is 7.12. The van der Waals surface area contributed by atoms with Gasteiger partial charge in [-0.05, 0) is 12.0 Å². The molecular weight excluding hydrogens is 280 g/mol. The van der Waals surface area contributed by atoms with Crippen molar-refractivity contribution in [1.82, 2.24) is 14.7 Å². The van der Waals surface area contributed by atoms with Crippen LogP contribution in [0, 0.1) is 0 Å². The molecule has 6 nitrogen and oxygen atoms in total. The van der Waals surface area contributed by atoms with Crippen molar-refractivity contribution in [3.8, 4) is 0 Å². The van der Waals surface area contributed by atoms with Crippen LogP contribution in [0.25, 0.3) is 0 Å². The van der Waals surface area contributed by atoms with E-state index < -0.39 is 0 Å². The van der Waals surface area contributed by atoms with Gasteiger partial charge in [-0.2, -0.15) is 5.10 Å². The van der Waals surface area contributed by atoms with E-state index in [0.717, 1.165) is 6.42 Å². The summed E-state index contributed by atoms with van der Waals surface area (Å²) in [5, 5.41) is 6.93. The van der Waals surface area contributed by atoms with Crippen molar-refractivity contribution in [3.63, 3.8) is 0 Å². The molecule has 0 fully saturated rings. The van der Waals surface area contributed by atoms with Crippen molar-refractivity contribution in [2.24, 2.45) is 0 Å². The van der Waals surface area contributed by atoms with Gasteiger partial charge in [-0.15, -0.1) is 0 Å². The van der Waals surface area contributed by atoms with Crippen molar-refractivity contribution in [2.75, 3.05) is 19.4 Å². The van der Waals surface area contributed by atoms with Gasteiger partial charge in [-0.25, -0.2) is 4.68 Å². The molecule has 0 unspecified atom stereocenters. The second-order valence-electron chi connectivity index (χ2n) is 5.19. The number of hydrogen-bond acceptors (Lipinski definition) is 3. The van der Waals surface area contributed by atoms with Gasteiger partial charge < -0.3 is 10.2 Å². The largest absolute Gasteiger partial charge is 0.348 e. The average Bonchev–Trinajstić information content (AvgIpc) is 2.93. The fraction of sp³-hybridized carbons (Fsp3) is 0.312. The fourth-order valence-corrected chi connectivity index (χ4v) is 1.98. The zero-order chi connectivity index (χ0) is 15.9. The summed E-state index contributed by atoms with van der Waals surface area (Å²) < 4.78 is 1.73. The number of carbonyl (C=O) groups is 2. The number of rotatable bonds is 6. The first kappa shape index (κ1) is 15.8. The second kappa shape index (κ2) is 7.40. The molecule has 1 aromatic heterocycles. The van der Waals surface area contributed by atoms with Crippen LogP contribution < -0.4 is 5.32 Å². The second-order valence-corrected chi connectivity index (χ2v) is 5.19. The molecule has 1 aromatic carbocycles. The number of nitrogens with one attached hydrogen (secondary N) is 1. The molecule has 0 saturated carbocycles. The molecule has 2 rings (SSSR count). The van der Waals surface area contributed by atoms with Gasteiger partial charge in [0.2, 0.25) is 11.8 Å². The van der Waals surface area contributed by atoms with Crippen molar-refractivity contribution < 1.29 is 9.59 Å². The summed E-state index contributed by atoms with van der Waals surface area (Å²) in [7, 11) is 3.25. The summed E-state index contributed by atoms with van der Waals surface area (Å²) >= 11 is 0. The Morgan fingerprint density at radius 3 is 2.59 bits per heavy atom. The van der Waals surface area contributed by atoms with Crippen LogP contribution in [0.15, 0.2) is 42.6 Å². The van der Waals surface area contributed by atoms with Gasteiger partial charge in [0, 0.05) is 26.7 Å². The minimum Gasteiger partial charge on any atom is -0.348 e. The van der Waals surface area contributed by atoms with Crippen LogP contribution in [0.3, 0.4) is 0 Å². The van der Waals surface area contributed by atoms with Crippen LogP contribution >= 0.6 is 0 Å². The Balaban J connectivity index is 1.92. The number of nitrogens with zero attached hydrogens (tertiary/aromatic N) is 3. The number of aromatic nitrogens is 2. The molecule has 0 radical (unpaired) electrons. The third kappa shape index (κ3) is 4.44. The number of benzene rings is 1. The van der Waals surface area contributed by atoms with E-state index in [1.165, 1.54) is 10.5 Å². The molecule has 2 aromatic rings. The highest BCUT2D eigenvalue weighted by molar-refractivity contribution is 6.03. The third-order valence-corrected chi connectivity index (χ3v) is 3.25. The summed E-state index contributed by atoms with van der Waals surface area (Å²) in [5.41, 5.74) is 1.21. The summed E-state index contributed by atoms with van der Waals surface area (Å²) in [6.45, 7) is 0.661. The summed E-state index contributed by atoms with van der Waals surface area (Å²) in [6, 6.07) is 11.8. The zero-order valence-corrected chi connectivity index (χ0v) is 12.8. The lowest BCUT2D eigenvalue weighted by Gasteiger charge is -2.11. The maximum atomic E-state index is 11.9. The summed E-state index contributed by atoms with van der Waals surface area (Å²) in [5.74, 6) is 0.0421. The van der Waals surface area contributed by atoms with Crippen LogP contribution in [0.1, 0.15) is 12.0 Å². The highest BCUT2D eigenvalue weighted by Crippen LogP contribution is 2.09. The van der Waals surface area contributed by atoms with Gasteiger partial charge in [0.25, 0.3) is 0 Å². The normalized spacial score (nSPS) is 10.3. The number of anilines is 1. The lowest BCUT2D eigenvalue weighted by Crippen LogP contribution is -2.27. The highest BCUT2D eigenvalue weighted by atomic mass is 16.2. The van der Waals surface area contributed by atoms with Gasteiger partial charge in [0.15, 0.2) is 0 Å². The van der Waals surface area contributed by atoms with E-state index in [1.54, 1.807) is 31.0 Å². The van der Waals surface area contributed by atoms with Crippen molar-refractivity contribution in [1.29, 1.82) is 0 Å². The minimum absolute atomic E-state index is 0.170. The van der Waals surface area contributed by atoms with Crippen molar-refractivity contribution in [2.45, 2.75) is 19.4 Å². The van der Waals surface area contributed by atoms with Gasteiger partial charge >= 0.3 is 0 Å². The lowest BCUT2D eigenvalue weighted by atomic mass is 10.1. The predicted molar refractivity (Wildman–Crippen MR) is 84.3 cm³/mol. The zero-order valence-electron chi connectivity index (χ0n) is 12.8. The molecule has 0 saturated heterocycles. The smallest absolute Gasteiger partial charge is 0.234 e. The molecular formula is C16H20N4O2. The van der Waals surface area contributed by atoms with Crippen LogP contribution in [-0.2, 0) is 22.6 Å². The Morgan fingerprint density at radius 1 is 1.18 bits per heavy atom. The van der Waals surface area contributed by atoms with E-state index in [0.29, 0.717) is 12.4 Å². The number of carbonyl (C=O) groups excluding carboxylic acids is 2. The highest BCUT2D eigenvalue weighted by Gasteiger charge is 2.13. The van der Waals surface area contributed by atoms with Gasteiger partial charge in [-0.1, -0.05) is 30.3 Å². The summed E-state index contributed by atoms with van der Waals surface area (Å²) in [4.78, 5) is 24.8. The molecule has 0 spiro atoms. The predicted octanol–water partition coefficient (Wildman–Crippen LogP) is 1.54. The standard InChI is InChI=1S/C16H20N4O2/c1-19(2)16(22)12-15(21)18-14-8-10-17-20(14)11-9-13-6-4-3-5-7-13/h3-8,10H,9,11-12H2,1-2H3,(H,18,21). The molecule has 1 heterocycles. The monoisotopic (exact) mass is 300 g/mol. The Bertz CT molecular complexity index is 635. The molecule has 0 aliphatic rings. The van der Waals surface area contributed by atoms with Crippen LogP contribution in [0.5, 0.6) is 0 Å². The van der Waals surface area contributed by atoms with Crippen molar-refractivity contribution >= 4 is 17.6 Å². The Kier molecular flexibility index (Phi) is 5.30. The lowest BCUT2D eigenvalue weighted by molar-refractivity contribution is -0.132. The van der Waals surface area contributed by atoms with Crippen LogP contribution in [0.4, 0.5) is 5.82 Å². The number of amides is 2. The maximum Gasteiger partial charge on any atom is 0.234 e. The van der Waals surface area contributed by atoms with E-state index in [4.69, 9.17) is 0 Å². The van der Waals surface area contributed by atoms with E-state index in [9.17, 15) is 9.59 Å². The van der Waals surface area contributed by atoms with Crippen LogP contribution in [-0.4, -0.2) is 40.6 Å². The molecule has 6 heteroatoms. The van der Waals surface area contributed by atoms with E-state index in [-0.39, 0.29) is 18.2 Å². The molecule has 116 valence electrons. The molecule has 2 amide bonds. The Labute approximate surface area is 129 Å². The molecule has 22 heavy (non-hydrogen) atoms. The molecule has 0 aliphatic heterocycles. The minimum atomic E-state index is -0.333. The van der Waals surface area contributed by atoms with E-state index in [2.05, 4.69) is 22.5 Å². The molecule has 1 N–H and O–H groups in total. The molecule has 0 atom stereocenters. The van der Waals surface area contributed by atoms with E-state index in [1.807, 2.05) is 18.2 Å². The van der Waals surface area contributed by atoms with Gasteiger partial charge in [0.05, 0.1) is 6.20 Å². The average molecular weight is 300 g/mol. The SMILES string of the molecule is CN(C)C(=O)CC(=O)Nc1ccnn1CCc1ccccc1. The fourth-order valence-electron chi connectivity index (χ4n) is 1.98. The Hall–Kier alpha value is -2.63. The van der Waals surface area contributed by atoms with Crippen LogP contribution in [0.2, 0.25) is 0 Å². The Morgan fingerprint density at radius 2 is 1.91 bits per heavy atom. The summed E-state index contributed by atoms with van der Waals surface area (Å²) in [6.07, 6.45) is 2.28. The van der Waals surface area contributed by atoms with E-state index >= 15 is 0 Å². The third-order valence-electron chi connectivity index (χ3n) is 3.25. The first-order chi connectivity index (χ1) is 10.6. The topological polar surface area (TPSA) is 67.2 Å². The maximum absolute atomic E-state index is 11.9. The van der Waals surface area contributed by atoms with Gasteiger partial charge in [0.1, 0.15) is 12.2 Å². The molecule has 0 aliphatic carbocycles. The number of aryl methyl sites for hydroxylation is 2. The van der Waals surface area contributed by atoms with Gasteiger partial charge in [-0.3, -0.25) is 9.59 Å². The quantitative estimate of drug-likeness (QED) is 0.823. The molecule has 0 bridgehead atoms. The first-order valence-electron chi connectivity index (χ1n) is 7.12. The number of hydrogen-bond donors (Lipinski definition) is 1. The van der Waals surface area contributed by atoms with Crippen molar-refractivity contribution in [3.05, 3.63) is 48.2 Å².